The number of ether oxygens (including phenoxy) is 1. The van der Waals surface area contributed by atoms with Crippen molar-refractivity contribution in [3.8, 4) is 21.6 Å². The largest absolute Gasteiger partial charge is 0.455 e. The van der Waals surface area contributed by atoms with Gasteiger partial charge >= 0.3 is 5.97 Å². The molecule has 1 fully saturated rings. The summed E-state index contributed by atoms with van der Waals surface area (Å²) in [4.78, 5) is 87.9. The Morgan fingerprint density at radius 2 is 1.44 bits per heavy atom. The second-order valence-corrected chi connectivity index (χ2v) is 28.5. The van der Waals surface area contributed by atoms with E-state index in [1.807, 2.05) is 141 Å². The Morgan fingerprint density at radius 3 is 2.10 bits per heavy atom. The summed E-state index contributed by atoms with van der Waals surface area (Å²) >= 11 is 3.04. The molecule has 6 heterocycles. The van der Waals surface area contributed by atoms with Crippen molar-refractivity contribution >= 4 is 73.4 Å². The molecule has 4 aromatic heterocycles. The molecule has 4 atom stereocenters. The van der Waals surface area contributed by atoms with Crippen molar-refractivity contribution in [2.75, 3.05) is 23.3 Å². The number of nitrogens with zero attached hydrogens (tertiary/aromatic N) is 7. The predicted molar refractivity (Wildman–Crippen MR) is 360 cm³/mol. The molecule has 0 radical (unpaired) electrons. The minimum atomic E-state index is -0.849. The molecule has 4 amide bonds. The molecule has 0 bridgehead atoms. The first kappa shape index (κ1) is 67.1. The number of para-hydroxylation sites is 1. The number of fused-ring (bicyclic) bond motifs is 2. The molecule has 2 aliphatic rings. The molecule has 4 N–H and O–H groups in total. The molecule has 0 unspecified atom stereocenters. The molecule has 9 rings (SSSR count). The number of aliphatic hydroxyl groups is 1. The standard InChI is InChI=1S/C71H92N10O7S2/c1-45(49-32-34-51(35-33-49)63-47(3)72-44-89-63)73-66(85)57-41-52(82)42-80(57)67(86)64(70(5,6)7)76-60(83)31-22-20-18-16-14-12-11-13-15-17-19-21-25-39-81-48(4)61(46(2)78-81)54-36-37-59(75-62(54)68(87)88-71(8,9)10)79-40-38-50-27-26-28-53(55(50)43-79)65(84)77-69-74-56-29-23-24-30-58(56)90-69/h23-24,26-30,32-37,44-45,52,57,64,82H,11-22,25,31,38-43H2,1-10H3,(H,73,85)(H,76,83)(H,74,77,84)/t45-,52+,57-,64+/m0/s1. The van der Waals surface area contributed by atoms with E-state index in [1.165, 1.54) is 61.2 Å². The number of esters is 1. The zero-order chi connectivity index (χ0) is 64.3. The van der Waals surface area contributed by atoms with E-state index in [1.54, 1.807) is 11.3 Å². The van der Waals surface area contributed by atoms with Gasteiger partial charge in [0.05, 0.1) is 44.1 Å². The second-order valence-electron chi connectivity index (χ2n) is 26.6. The van der Waals surface area contributed by atoms with Crippen LogP contribution in [-0.4, -0.2) is 101 Å². The van der Waals surface area contributed by atoms with Crippen LogP contribution < -0.4 is 20.9 Å². The first-order valence-corrected chi connectivity index (χ1v) is 34.1. The number of hydrogen-bond donors (Lipinski definition) is 4. The molecule has 2 aliphatic heterocycles. The number of β-amino-alcohol motifs (C(OH)–C–C–N with tert-alkyl or cyclic N) is 1. The number of rotatable bonds is 27. The Kier molecular flexibility index (Phi) is 22.5. The van der Waals surface area contributed by atoms with E-state index in [9.17, 15) is 29.1 Å². The Labute approximate surface area is 539 Å². The zero-order valence-corrected chi connectivity index (χ0v) is 56.0. The van der Waals surface area contributed by atoms with Crippen molar-refractivity contribution in [3.63, 3.8) is 0 Å². The molecule has 3 aromatic carbocycles. The maximum atomic E-state index is 14.2. The van der Waals surface area contributed by atoms with Crippen molar-refractivity contribution in [3.05, 3.63) is 129 Å². The summed E-state index contributed by atoms with van der Waals surface area (Å²) in [7, 11) is 0. The molecular formula is C71H92N10O7S2. The lowest BCUT2D eigenvalue weighted by atomic mass is 9.85. The van der Waals surface area contributed by atoms with E-state index >= 15 is 0 Å². The van der Waals surface area contributed by atoms with Gasteiger partial charge in [0.2, 0.25) is 17.7 Å². The van der Waals surface area contributed by atoms with Gasteiger partial charge in [0.1, 0.15) is 23.5 Å². The van der Waals surface area contributed by atoms with E-state index in [4.69, 9.17) is 14.8 Å². The molecule has 0 saturated carbocycles. The maximum absolute atomic E-state index is 14.2. The number of amides is 4. The molecule has 480 valence electrons. The number of carbonyl (C=O) groups excluding carboxylic acids is 5. The fourth-order valence-electron chi connectivity index (χ4n) is 12.4. The highest BCUT2D eigenvalue weighted by molar-refractivity contribution is 7.22. The average Bonchev–Trinajstić information content (AvgIpc) is 1.33. The maximum Gasteiger partial charge on any atom is 0.358 e. The van der Waals surface area contributed by atoms with Gasteiger partial charge in [-0.15, -0.1) is 11.3 Å². The number of anilines is 2. The van der Waals surface area contributed by atoms with Gasteiger partial charge < -0.3 is 30.3 Å². The number of thiazole rings is 2. The Balaban J connectivity index is 0.666. The summed E-state index contributed by atoms with van der Waals surface area (Å²) in [5.74, 6) is -0.923. The van der Waals surface area contributed by atoms with Crippen LogP contribution in [0.5, 0.6) is 0 Å². The minimum absolute atomic E-state index is 0.0330. The summed E-state index contributed by atoms with van der Waals surface area (Å²) < 4.78 is 9.06. The van der Waals surface area contributed by atoms with Crippen LogP contribution in [0.2, 0.25) is 0 Å². The van der Waals surface area contributed by atoms with Crippen molar-refractivity contribution in [2.24, 2.45) is 5.41 Å². The van der Waals surface area contributed by atoms with Gasteiger partial charge in [-0.3, -0.25) is 29.2 Å². The summed E-state index contributed by atoms with van der Waals surface area (Å²) in [6.45, 7) is 21.2. The third-order valence-electron chi connectivity index (χ3n) is 17.3. The fourth-order valence-corrected chi connectivity index (χ4v) is 14.1. The number of aliphatic hydroxyl groups excluding tert-OH is 1. The highest BCUT2D eigenvalue weighted by atomic mass is 32.1. The smallest absolute Gasteiger partial charge is 0.358 e. The Bertz CT molecular complexity index is 3600. The van der Waals surface area contributed by atoms with E-state index in [0.29, 0.717) is 48.0 Å². The Morgan fingerprint density at radius 1 is 0.767 bits per heavy atom. The van der Waals surface area contributed by atoms with Crippen LogP contribution in [0, 0.1) is 26.2 Å². The Hall–Kier alpha value is -7.35. The van der Waals surface area contributed by atoms with Gasteiger partial charge in [-0.2, -0.15) is 5.10 Å². The lowest BCUT2D eigenvalue weighted by Gasteiger charge is -2.35. The lowest BCUT2D eigenvalue weighted by molar-refractivity contribution is -0.144. The molecule has 0 aliphatic carbocycles. The van der Waals surface area contributed by atoms with Crippen molar-refractivity contribution in [1.29, 1.82) is 0 Å². The van der Waals surface area contributed by atoms with Gasteiger partial charge in [-0.1, -0.05) is 151 Å². The average molecular weight is 1260 g/mol. The number of pyridine rings is 1. The van der Waals surface area contributed by atoms with Crippen LogP contribution >= 0.6 is 22.7 Å². The van der Waals surface area contributed by atoms with Crippen LogP contribution in [0.25, 0.3) is 31.8 Å². The first-order valence-electron chi connectivity index (χ1n) is 32.4. The van der Waals surface area contributed by atoms with Crippen LogP contribution in [0.15, 0.2) is 84.4 Å². The number of aromatic nitrogens is 5. The van der Waals surface area contributed by atoms with E-state index < -0.39 is 35.2 Å². The SMILES string of the molecule is Cc1ncsc1-c1ccc([C@H](C)NC(=O)[C@@H]2C[C@@H](O)CN2C(=O)[C@@H](NC(=O)CCCCCCCCCCCCCCCn2nc(C)c(-c3ccc(N4CCc5cccc(C(=O)Nc6nc7ccccc7s6)c5C4)nc3C(=O)OC(C)(C)C)c2C)C(C)(C)C)cc1. The number of likely N-dealkylation sites (tertiary alicyclic amines) is 1. The molecule has 19 heteroatoms. The summed E-state index contributed by atoms with van der Waals surface area (Å²) in [5, 5.41) is 25.4. The number of hydrogen-bond acceptors (Lipinski definition) is 14. The summed E-state index contributed by atoms with van der Waals surface area (Å²) in [6.07, 6.45) is 14.7. The topological polar surface area (TPSA) is 214 Å². The summed E-state index contributed by atoms with van der Waals surface area (Å²) in [5.41, 5.74) is 10.6. The quantitative estimate of drug-likeness (QED) is 0.0280. The third-order valence-corrected chi connectivity index (χ3v) is 19.2. The van der Waals surface area contributed by atoms with Crippen molar-refractivity contribution in [1.82, 2.24) is 40.3 Å². The van der Waals surface area contributed by atoms with Crippen LogP contribution in [0.1, 0.15) is 205 Å². The molecule has 17 nitrogen and oxygen atoms in total. The third kappa shape index (κ3) is 17.2. The second kappa shape index (κ2) is 30.2. The summed E-state index contributed by atoms with van der Waals surface area (Å²) in [6, 6.07) is 23.6. The minimum Gasteiger partial charge on any atom is -0.455 e. The van der Waals surface area contributed by atoms with Gasteiger partial charge in [-0.25, -0.2) is 19.7 Å². The highest BCUT2D eigenvalue weighted by Gasteiger charge is 2.45. The van der Waals surface area contributed by atoms with Crippen molar-refractivity contribution in [2.45, 2.75) is 215 Å². The lowest BCUT2D eigenvalue weighted by Crippen LogP contribution is -2.57. The van der Waals surface area contributed by atoms with Crippen LogP contribution in [-0.2, 0) is 38.6 Å². The van der Waals surface area contributed by atoms with Gasteiger partial charge in [0.15, 0.2) is 10.8 Å². The molecular weight excluding hydrogens is 1170 g/mol. The van der Waals surface area contributed by atoms with E-state index in [-0.39, 0.29) is 48.3 Å². The normalized spacial score (nSPS) is 15.8. The van der Waals surface area contributed by atoms with Gasteiger partial charge in [0.25, 0.3) is 5.91 Å². The van der Waals surface area contributed by atoms with Gasteiger partial charge in [0, 0.05) is 61.4 Å². The number of nitrogens with one attached hydrogen (secondary N) is 3. The number of aryl methyl sites for hydroxylation is 3. The fraction of sp³-hybridized carbons (Fsp3) is 0.507. The molecule has 1 saturated heterocycles. The van der Waals surface area contributed by atoms with Crippen molar-refractivity contribution < 1.29 is 33.8 Å². The van der Waals surface area contributed by atoms with E-state index in [0.717, 1.165) is 105 Å². The highest BCUT2D eigenvalue weighted by Crippen LogP contribution is 2.36. The molecule has 0 spiro atoms. The molecule has 7 aromatic rings. The van der Waals surface area contributed by atoms with Crippen LogP contribution in [0.4, 0.5) is 10.9 Å². The molecule has 90 heavy (non-hydrogen) atoms. The zero-order valence-electron chi connectivity index (χ0n) is 54.4. The number of carbonyl (C=O) groups is 5. The predicted octanol–water partition coefficient (Wildman–Crippen LogP) is 14.2. The number of benzene rings is 3. The monoisotopic (exact) mass is 1260 g/mol. The van der Waals surface area contributed by atoms with E-state index in [2.05, 4.69) is 48.5 Å². The van der Waals surface area contributed by atoms with Gasteiger partial charge in [-0.05, 0) is 126 Å². The first-order chi connectivity index (χ1) is 43.0. The van der Waals surface area contributed by atoms with Crippen LogP contribution in [0.3, 0.4) is 0 Å². The number of unbranched alkanes of at least 4 members (excludes halogenated alkanes) is 12.